The second-order valence-electron chi connectivity index (χ2n) is 6.18. The van der Waals surface area contributed by atoms with Crippen LogP contribution < -0.4 is 5.32 Å². The lowest BCUT2D eigenvalue weighted by atomic mass is 10.3. The maximum atomic E-state index is 12.3. The van der Waals surface area contributed by atoms with Crippen LogP contribution in [0, 0.1) is 11.7 Å². The number of carbonyl (C=O) groups is 1. The van der Waals surface area contributed by atoms with E-state index in [1.807, 2.05) is 65.9 Å². The van der Waals surface area contributed by atoms with E-state index in [0.717, 1.165) is 11.5 Å². The minimum atomic E-state index is -0.156. The molecule has 1 N–H and O–H groups in total. The zero-order valence-electron chi connectivity index (χ0n) is 15.1. The number of aryl methyl sites for hydroxylation is 1. The highest BCUT2D eigenvalue weighted by Crippen LogP contribution is 2.20. The summed E-state index contributed by atoms with van der Waals surface area (Å²) in [7, 11) is 1.84. The van der Waals surface area contributed by atoms with E-state index < -0.39 is 0 Å². The van der Waals surface area contributed by atoms with Gasteiger partial charge in [-0.15, -0.1) is 0 Å². The van der Waals surface area contributed by atoms with Crippen LogP contribution in [0.2, 0.25) is 5.02 Å². The van der Waals surface area contributed by atoms with E-state index in [4.69, 9.17) is 23.8 Å². The van der Waals surface area contributed by atoms with E-state index in [9.17, 15) is 4.79 Å². The molecule has 0 fully saturated rings. The summed E-state index contributed by atoms with van der Waals surface area (Å²) in [4.78, 5) is 14.1. The van der Waals surface area contributed by atoms with Gasteiger partial charge in [-0.1, -0.05) is 41.9 Å². The van der Waals surface area contributed by atoms with Crippen molar-refractivity contribution in [1.29, 1.82) is 0 Å². The van der Waals surface area contributed by atoms with Gasteiger partial charge in [0.15, 0.2) is 0 Å². The Balaban J connectivity index is 1.68. The van der Waals surface area contributed by atoms with Gasteiger partial charge in [0.25, 0.3) is 0 Å². The van der Waals surface area contributed by atoms with Gasteiger partial charge in [-0.05, 0) is 50.5 Å². The molecule has 3 aromatic rings. The lowest BCUT2D eigenvalue weighted by molar-refractivity contribution is -0.117. The molecule has 8 heteroatoms. The molecule has 0 aliphatic carbocycles. The molecule has 0 saturated carbocycles. The third-order valence-corrected chi connectivity index (χ3v) is 4.68. The predicted molar refractivity (Wildman–Crippen MR) is 110 cm³/mol. The summed E-state index contributed by atoms with van der Waals surface area (Å²) >= 11 is 11.6. The van der Waals surface area contributed by atoms with Gasteiger partial charge in [0, 0.05) is 5.69 Å². The van der Waals surface area contributed by atoms with E-state index >= 15 is 0 Å². The highest BCUT2D eigenvalue weighted by Gasteiger charge is 2.13. The molecule has 0 unspecified atom stereocenters. The van der Waals surface area contributed by atoms with Gasteiger partial charge in [-0.3, -0.25) is 14.3 Å². The summed E-state index contributed by atoms with van der Waals surface area (Å²) < 4.78 is 4.20. The first-order chi connectivity index (χ1) is 13.0. The molecule has 0 aliphatic rings. The Morgan fingerprint density at radius 1 is 1.19 bits per heavy atom. The van der Waals surface area contributed by atoms with Crippen molar-refractivity contribution in [2.45, 2.75) is 13.6 Å². The second kappa shape index (κ2) is 8.47. The van der Waals surface area contributed by atoms with Crippen molar-refractivity contribution in [3.8, 4) is 5.69 Å². The average Bonchev–Trinajstić information content (AvgIpc) is 2.91. The molecular formula is C19H20ClN5OS. The lowest BCUT2D eigenvalue weighted by Gasteiger charge is -2.16. The summed E-state index contributed by atoms with van der Waals surface area (Å²) in [6, 6.07) is 17.0. The van der Waals surface area contributed by atoms with Crippen LogP contribution >= 0.6 is 23.8 Å². The van der Waals surface area contributed by atoms with E-state index in [0.29, 0.717) is 22.1 Å². The number of nitrogens with one attached hydrogen (secondary N) is 1. The molecule has 1 aromatic heterocycles. The highest BCUT2D eigenvalue weighted by molar-refractivity contribution is 7.71. The molecule has 140 valence electrons. The molecule has 1 heterocycles. The number of para-hydroxylation sites is 2. The van der Waals surface area contributed by atoms with Crippen LogP contribution in [0.15, 0.2) is 54.6 Å². The van der Waals surface area contributed by atoms with Crippen LogP contribution in [0.1, 0.15) is 5.82 Å². The van der Waals surface area contributed by atoms with Gasteiger partial charge in [0.1, 0.15) is 5.82 Å². The molecule has 0 atom stereocenters. The molecule has 6 nitrogen and oxygen atoms in total. The molecule has 3 rings (SSSR count). The average molecular weight is 402 g/mol. The van der Waals surface area contributed by atoms with Crippen molar-refractivity contribution < 1.29 is 4.79 Å². The van der Waals surface area contributed by atoms with Crippen LogP contribution in [-0.4, -0.2) is 38.7 Å². The second-order valence-corrected chi connectivity index (χ2v) is 6.96. The summed E-state index contributed by atoms with van der Waals surface area (Å²) in [5.74, 6) is 0.636. The molecule has 27 heavy (non-hydrogen) atoms. The molecule has 0 aliphatic heterocycles. The topological polar surface area (TPSA) is 55.1 Å². The van der Waals surface area contributed by atoms with Crippen LogP contribution in [-0.2, 0) is 11.5 Å². The highest BCUT2D eigenvalue weighted by atomic mass is 35.5. The zero-order chi connectivity index (χ0) is 19.4. The fourth-order valence-electron chi connectivity index (χ4n) is 2.76. The molecule has 1 amide bonds. The molecule has 0 spiro atoms. The number of benzene rings is 2. The summed E-state index contributed by atoms with van der Waals surface area (Å²) in [5, 5.41) is 7.83. The number of halogens is 1. The Bertz CT molecular complexity index is 999. The quantitative estimate of drug-likeness (QED) is 0.636. The van der Waals surface area contributed by atoms with E-state index in [-0.39, 0.29) is 12.5 Å². The maximum absolute atomic E-state index is 12.3. The number of amides is 1. The lowest BCUT2D eigenvalue weighted by Crippen LogP contribution is -2.32. The molecule has 0 bridgehead atoms. The Labute approximate surface area is 168 Å². The van der Waals surface area contributed by atoms with Crippen molar-refractivity contribution in [2.24, 2.45) is 0 Å². The van der Waals surface area contributed by atoms with Gasteiger partial charge in [-0.2, -0.15) is 5.10 Å². The minimum Gasteiger partial charge on any atom is -0.324 e. The third-order valence-electron chi connectivity index (χ3n) is 3.95. The molecule has 0 radical (unpaired) electrons. The Morgan fingerprint density at radius 2 is 1.85 bits per heavy atom. The SMILES string of the molecule is Cc1nn(CN(C)CC(=O)Nc2ccccc2Cl)c(=S)n1-c1ccccc1. The standard InChI is InChI=1S/C19H20ClN5OS/c1-14-22-24(19(27)25(14)15-8-4-3-5-9-15)13-23(2)12-18(26)21-17-11-7-6-10-16(17)20/h3-11H,12-13H2,1-2H3,(H,21,26). The number of rotatable bonds is 6. The summed E-state index contributed by atoms with van der Waals surface area (Å²) in [6.07, 6.45) is 0. The zero-order valence-corrected chi connectivity index (χ0v) is 16.7. The molecule has 0 saturated heterocycles. The van der Waals surface area contributed by atoms with Gasteiger partial charge in [-0.25, -0.2) is 4.68 Å². The van der Waals surface area contributed by atoms with Gasteiger partial charge < -0.3 is 5.32 Å². The first-order valence-electron chi connectivity index (χ1n) is 8.40. The maximum Gasteiger partial charge on any atom is 0.238 e. The molecular weight excluding hydrogens is 382 g/mol. The monoisotopic (exact) mass is 401 g/mol. The van der Waals surface area contributed by atoms with Crippen molar-refractivity contribution in [3.05, 3.63) is 70.2 Å². The summed E-state index contributed by atoms with van der Waals surface area (Å²) in [5.41, 5.74) is 1.56. The largest absolute Gasteiger partial charge is 0.324 e. The number of nitrogens with zero attached hydrogens (tertiary/aromatic N) is 4. The number of likely N-dealkylation sites (N-methyl/N-ethyl adjacent to an activating group) is 1. The number of aromatic nitrogens is 3. The van der Waals surface area contributed by atoms with E-state index in [1.54, 1.807) is 16.8 Å². The molecule has 2 aromatic carbocycles. The van der Waals surface area contributed by atoms with E-state index in [2.05, 4.69) is 10.4 Å². The third kappa shape index (κ3) is 4.63. The van der Waals surface area contributed by atoms with Crippen molar-refractivity contribution in [3.63, 3.8) is 0 Å². The van der Waals surface area contributed by atoms with Crippen LogP contribution in [0.25, 0.3) is 5.69 Å². The normalized spacial score (nSPS) is 11.0. The number of hydrogen-bond donors (Lipinski definition) is 1. The van der Waals surface area contributed by atoms with Crippen LogP contribution in [0.4, 0.5) is 5.69 Å². The predicted octanol–water partition coefficient (Wildman–Crippen LogP) is 3.89. The van der Waals surface area contributed by atoms with Crippen molar-refractivity contribution in [2.75, 3.05) is 18.9 Å². The van der Waals surface area contributed by atoms with Crippen LogP contribution in [0.5, 0.6) is 0 Å². The number of hydrogen-bond acceptors (Lipinski definition) is 4. The van der Waals surface area contributed by atoms with Crippen LogP contribution in [0.3, 0.4) is 0 Å². The minimum absolute atomic E-state index is 0.156. The first kappa shape index (κ1) is 19.3. The van der Waals surface area contributed by atoms with Gasteiger partial charge >= 0.3 is 0 Å². The van der Waals surface area contributed by atoms with Gasteiger partial charge in [0.05, 0.1) is 23.9 Å². The van der Waals surface area contributed by atoms with Gasteiger partial charge in [0.2, 0.25) is 10.7 Å². The van der Waals surface area contributed by atoms with E-state index in [1.165, 1.54) is 0 Å². The number of anilines is 1. The Morgan fingerprint density at radius 3 is 2.56 bits per heavy atom. The fourth-order valence-corrected chi connectivity index (χ4v) is 3.28. The Kier molecular flexibility index (Phi) is 6.05. The number of carbonyl (C=O) groups excluding carboxylic acids is 1. The van der Waals surface area contributed by atoms with Crippen molar-refractivity contribution in [1.82, 2.24) is 19.2 Å². The fraction of sp³-hybridized carbons (Fsp3) is 0.211. The smallest absolute Gasteiger partial charge is 0.238 e. The Hall–Kier alpha value is -2.48. The van der Waals surface area contributed by atoms with Crippen molar-refractivity contribution >= 4 is 35.4 Å². The summed E-state index contributed by atoms with van der Waals surface area (Å²) in [6.45, 7) is 2.49. The first-order valence-corrected chi connectivity index (χ1v) is 9.19.